The Bertz CT molecular complexity index is 451. The number of carbonyl (C=O) groups is 1. The third kappa shape index (κ3) is 4.75. The first-order chi connectivity index (χ1) is 9.57. The molecule has 0 aliphatic rings. The average molecular weight is 284 g/mol. The molecular formula is C13H20N2O5. The lowest BCUT2D eigenvalue weighted by Crippen LogP contribution is -2.14. The van der Waals surface area contributed by atoms with Gasteiger partial charge in [0.05, 0.1) is 12.3 Å². The van der Waals surface area contributed by atoms with Gasteiger partial charge in [-0.25, -0.2) is 4.79 Å². The van der Waals surface area contributed by atoms with Crippen LogP contribution in [0.1, 0.15) is 28.0 Å². The first-order valence-corrected chi connectivity index (χ1v) is 6.34. The van der Waals surface area contributed by atoms with Crippen LogP contribution in [0.2, 0.25) is 0 Å². The minimum atomic E-state index is -1.07. The maximum Gasteiger partial charge on any atom is 0.341 e. The summed E-state index contributed by atoms with van der Waals surface area (Å²) >= 11 is 0. The minimum absolute atomic E-state index is 0.0288. The van der Waals surface area contributed by atoms with Gasteiger partial charge in [0.25, 0.3) is 0 Å². The molecule has 0 bridgehead atoms. The fourth-order valence-electron chi connectivity index (χ4n) is 1.54. The van der Waals surface area contributed by atoms with Gasteiger partial charge in [0, 0.05) is 20.3 Å². The molecule has 0 radical (unpaired) electrons. The second-order valence-corrected chi connectivity index (χ2v) is 4.20. The summed E-state index contributed by atoms with van der Waals surface area (Å²) in [6, 6.07) is 0. The molecule has 1 aromatic heterocycles. The topological polar surface area (TPSA) is 90.8 Å². The fraction of sp³-hybridized carbons (Fsp3) is 0.615. The van der Waals surface area contributed by atoms with Crippen LogP contribution in [0.5, 0.6) is 5.88 Å². The molecule has 7 heteroatoms. The second kappa shape index (κ2) is 8.44. The number of methoxy groups -OCH3 is 1. The summed E-state index contributed by atoms with van der Waals surface area (Å²) in [6.45, 7) is 5.19. The molecule has 0 fully saturated rings. The molecule has 0 saturated heterocycles. The minimum Gasteiger partial charge on any atom is -0.477 e. The SMILES string of the molecule is COCCCOCCOc1nnc(C)c(C)c1C(=O)O. The molecule has 0 saturated carbocycles. The van der Waals surface area contributed by atoms with Gasteiger partial charge < -0.3 is 19.3 Å². The van der Waals surface area contributed by atoms with Crippen molar-refractivity contribution in [3.8, 4) is 5.88 Å². The van der Waals surface area contributed by atoms with Crippen LogP contribution in [0.25, 0.3) is 0 Å². The normalized spacial score (nSPS) is 10.6. The highest BCUT2D eigenvalue weighted by molar-refractivity contribution is 5.91. The molecule has 0 spiro atoms. The largest absolute Gasteiger partial charge is 0.477 e. The Kier molecular flexibility index (Phi) is 6.89. The maximum absolute atomic E-state index is 11.2. The van der Waals surface area contributed by atoms with E-state index in [-0.39, 0.29) is 18.1 Å². The van der Waals surface area contributed by atoms with Crippen molar-refractivity contribution in [2.24, 2.45) is 0 Å². The van der Waals surface area contributed by atoms with Crippen molar-refractivity contribution in [2.75, 3.05) is 33.5 Å². The van der Waals surface area contributed by atoms with Crippen molar-refractivity contribution in [3.63, 3.8) is 0 Å². The summed E-state index contributed by atoms with van der Waals surface area (Å²) in [5, 5.41) is 16.8. The van der Waals surface area contributed by atoms with E-state index in [0.717, 1.165) is 6.42 Å². The standard InChI is InChI=1S/C13H20N2O5/c1-9-10(2)14-15-12(11(9)13(16)17)20-8-7-19-6-4-5-18-3/h4-8H2,1-3H3,(H,16,17). The zero-order valence-electron chi connectivity index (χ0n) is 12.0. The molecule has 1 rings (SSSR count). The molecule has 0 atom stereocenters. The Labute approximate surface area is 117 Å². The quantitative estimate of drug-likeness (QED) is 0.682. The number of aromatic nitrogens is 2. The van der Waals surface area contributed by atoms with Gasteiger partial charge in [0.1, 0.15) is 12.2 Å². The lowest BCUT2D eigenvalue weighted by atomic mass is 10.1. The van der Waals surface area contributed by atoms with Gasteiger partial charge in [-0.3, -0.25) is 0 Å². The van der Waals surface area contributed by atoms with E-state index in [0.29, 0.717) is 31.1 Å². The van der Waals surface area contributed by atoms with Crippen LogP contribution in [0, 0.1) is 13.8 Å². The molecule has 1 heterocycles. The van der Waals surface area contributed by atoms with Crippen LogP contribution in [0.15, 0.2) is 0 Å². The lowest BCUT2D eigenvalue weighted by molar-refractivity contribution is 0.0670. The third-order valence-corrected chi connectivity index (χ3v) is 2.74. The van der Waals surface area contributed by atoms with Crippen LogP contribution in [0.4, 0.5) is 0 Å². The highest BCUT2D eigenvalue weighted by atomic mass is 16.5. The molecule has 0 aromatic carbocycles. The summed E-state index contributed by atoms with van der Waals surface area (Å²) in [6.07, 6.45) is 0.806. The van der Waals surface area contributed by atoms with Crippen molar-refractivity contribution >= 4 is 5.97 Å². The molecule has 0 aliphatic carbocycles. The van der Waals surface area contributed by atoms with Gasteiger partial charge in [-0.2, -0.15) is 5.10 Å². The first-order valence-electron chi connectivity index (χ1n) is 6.34. The molecule has 0 unspecified atom stereocenters. The van der Waals surface area contributed by atoms with Gasteiger partial charge >= 0.3 is 5.97 Å². The molecule has 0 amide bonds. The van der Waals surface area contributed by atoms with Crippen LogP contribution in [-0.4, -0.2) is 54.8 Å². The number of aryl methyl sites for hydroxylation is 1. The molecule has 112 valence electrons. The van der Waals surface area contributed by atoms with Crippen LogP contribution in [0.3, 0.4) is 0 Å². The predicted octanol–water partition coefficient (Wildman–Crippen LogP) is 1.22. The maximum atomic E-state index is 11.2. The van der Waals surface area contributed by atoms with E-state index < -0.39 is 5.97 Å². The summed E-state index contributed by atoms with van der Waals surface area (Å²) in [7, 11) is 1.63. The first kappa shape index (κ1) is 16.3. The average Bonchev–Trinajstić information content (AvgIpc) is 2.41. The Hall–Kier alpha value is -1.73. The van der Waals surface area contributed by atoms with E-state index in [2.05, 4.69) is 10.2 Å². The number of aromatic carboxylic acids is 1. The summed E-state index contributed by atoms with van der Waals surface area (Å²) < 4.78 is 15.5. The van der Waals surface area contributed by atoms with Gasteiger partial charge in [-0.05, 0) is 25.8 Å². The number of rotatable bonds is 9. The Morgan fingerprint density at radius 2 is 1.90 bits per heavy atom. The van der Waals surface area contributed by atoms with Gasteiger partial charge in [-0.15, -0.1) is 5.10 Å². The smallest absolute Gasteiger partial charge is 0.341 e. The van der Waals surface area contributed by atoms with Crippen molar-refractivity contribution in [1.82, 2.24) is 10.2 Å². The number of ether oxygens (including phenoxy) is 3. The van der Waals surface area contributed by atoms with Crippen molar-refractivity contribution in [1.29, 1.82) is 0 Å². The summed E-state index contributed by atoms with van der Waals surface area (Å²) in [4.78, 5) is 11.2. The third-order valence-electron chi connectivity index (χ3n) is 2.74. The monoisotopic (exact) mass is 284 g/mol. The Balaban J connectivity index is 2.48. The number of hydrogen-bond donors (Lipinski definition) is 1. The van der Waals surface area contributed by atoms with E-state index in [1.54, 1.807) is 21.0 Å². The highest BCUT2D eigenvalue weighted by Crippen LogP contribution is 2.20. The molecule has 7 nitrogen and oxygen atoms in total. The van der Waals surface area contributed by atoms with Crippen LogP contribution < -0.4 is 4.74 Å². The van der Waals surface area contributed by atoms with E-state index in [9.17, 15) is 9.90 Å². The van der Waals surface area contributed by atoms with Crippen molar-refractivity contribution in [3.05, 3.63) is 16.8 Å². The summed E-state index contributed by atoms with van der Waals surface area (Å²) in [5.41, 5.74) is 1.19. The highest BCUT2D eigenvalue weighted by Gasteiger charge is 2.18. The van der Waals surface area contributed by atoms with E-state index in [1.807, 2.05) is 0 Å². The molecule has 1 N–H and O–H groups in total. The molecule has 20 heavy (non-hydrogen) atoms. The van der Waals surface area contributed by atoms with Crippen LogP contribution in [-0.2, 0) is 9.47 Å². The summed E-state index contributed by atoms with van der Waals surface area (Å²) in [5.74, 6) is -1.04. The Morgan fingerprint density at radius 3 is 2.55 bits per heavy atom. The van der Waals surface area contributed by atoms with Crippen molar-refractivity contribution < 1.29 is 24.1 Å². The van der Waals surface area contributed by atoms with Crippen LogP contribution >= 0.6 is 0 Å². The zero-order valence-corrected chi connectivity index (χ0v) is 12.0. The van der Waals surface area contributed by atoms with E-state index in [4.69, 9.17) is 14.2 Å². The predicted molar refractivity (Wildman–Crippen MR) is 71.3 cm³/mol. The lowest BCUT2D eigenvalue weighted by Gasteiger charge is -2.10. The van der Waals surface area contributed by atoms with Gasteiger partial charge in [0.2, 0.25) is 5.88 Å². The van der Waals surface area contributed by atoms with Gasteiger partial charge in [0.15, 0.2) is 0 Å². The van der Waals surface area contributed by atoms with E-state index >= 15 is 0 Å². The molecular weight excluding hydrogens is 264 g/mol. The second-order valence-electron chi connectivity index (χ2n) is 4.20. The molecule has 0 aliphatic heterocycles. The Morgan fingerprint density at radius 1 is 1.15 bits per heavy atom. The molecule has 1 aromatic rings. The number of nitrogens with zero attached hydrogens (tertiary/aromatic N) is 2. The van der Waals surface area contributed by atoms with Gasteiger partial charge in [-0.1, -0.05) is 0 Å². The van der Waals surface area contributed by atoms with Crippen molar-refractivity contribution in [2.45, 2.75) is 20.3 Å². The van der Waals surface area contributed by atoms with E-state index in [1.165, 1.54) is 0 Å². The zero-order chi connectivity index (χ0) is 15.0. The number of hydrogen-bond acceptors (Lipinski definition) is 6. The number of carboxylic acid groups (broad SMARTS) is 1. The fourth-order valence-corrected chi connectivity index (χ4v) is 1.54. The number of carboxylic acids is 1.